The standard InChI is InChI=1S/C17H25N3O2.ClH/c1-11(2)6-14(18)17(22)19-8-12-7-13(10-19)15-4-3-5-16(21)20(15)9-12;/h3-5,11-14H,6-10,18H2,1-2H3;1H/t12-,13-,14+;/m1./s1. The lowest BCUT2D eigenvalue weighted by molar-refractivity contribution is -0.135. The lowest BCUT2D eigenvalue weighted by atomic mass is 9.83. The molecule has 1 saturated heterocycles. The van der Waals surface area contributed by atoms with Gasteiger partial charge in [0, 0.05) is 37.3 Å². The van der Waals surface area contributed by atoms with E-state index in [1.165, 1.54) is 0 Å². The summed E-state index contributed by atoms with van der Waals surface area (Å²) in [4.78, 5) is 26.5. The average molecular weight is 340 g/mol. The van der Waals surface area contributed by atoms with Gasteiger partial charge in [0.05, 0.1) is 6.04 Å². The Bertz CT molecular complexity index is 629. The molecular weight excluding hydrogens is 314 g/mol. The van der Waals surface area contributed by atoms with E-state index in [4.69, 9.17) is 5.73 Å². The Hall–Kier alpha value is -1.33. The van der Waals surface area contributed by atoms with Gasteiger partial charge in [0.2, 0.25) is 5.91 Å². The zero-order valence-corrected chi connectivity index (χ0v) is 14.6. The van der Waals surface area contributed by atoms with E-state index in [0.29, 0.717) is 24.9 Å². The molecule has 23 heavy (non-hydrogen) atoms. The molecule has 2 aliphatic heterocycles. The summed E-state index contributed by atoms with van der Waals surface area (Å²) in [6.07, 6.45) is 1.79. The van der Waals surface area contributed by atoms with Crippen molar-refractivity contribution in [3.63, 3.8) is 0 Å². The molecule has 1 aromatic heterocycles. The number of carbonyl (C=O) groups excluding carboxylic acids is 1. The number of amides is 1. The second kappa shape index (κ2) is 7.05. The summed E-state index contributed by atoms with van der Waals surface area (Å²) in [6.45, 7) is 6.29. The summed E-state index contributed by atoms with van der Waals surface area (Å²) < 4.78 is 1.88. The van der Waals surface area contributed by atoms with Gasteiger partial charge in [0.25, 0.3) is 5.56 Å². The molecule has 2 bridgehead atoms. The first-order valence-corrected chi connectivity index (χ1v) is 8.19. The van der Waals surface area contributed by atoms with Crippen LogP contribution < -0.4 is 11.3 Å². The van der Waals surface area contributed by atoms with Crippen molar-refractivity contribution in [2.45, 2.75) is 45.2 Å². The van der Waals surface area contributed by atoms with Gasteiger partial charge in [-0.25, -0.2) is 0 Å². The lowest BCUT2D eigenvalue weighted by Crippen LogP contribution is -2.53. The largest absolute Gasteiger partial charge is 0.340 e. The van der Waals surface area contributed by atoms with Gasteiger partial charge in [-0.2, -0.15) is 0 Å². The minimum absolute atomic E-state index is 0. The third-order valence-electron chi connectivity index (χ3n) is 4.83. The molecule has 0 unspecified atom stereocenters. The Balaban J connectivity index is 0.00000192. The summed E-state index contributed by atoms with van der Waals surface area (Å²) in [7, 11) is 0. The predicted molar refractivity (Wildman–Crippen MR) is 92.8 cm³/mol. The summed E-state index contributed by atoms with van der Waals surface area (Å²) in [6, 6.07) is 5.05. The number of fused-ring (bicyclic) bond motifs is 4. The number of nitrogens with zero attached hydrogens (tertiary/aromatic N) is 2. The van der Waals surface area contributed by atoms with Crippen molar-refractivity contribution in [3.8, 4) is 0 Å². The van der Waals surface area contributed by atoms with E-state index in [2.05, 4.69) is 13.8 Å². The molecule has 5 nitrogen and oxygen atoms in total. The summed E-state index contributed by atoms with van der Waals surface area (Å²) >= 11 is 0. The molecule has 0 saturated carbocycles. The Labute approximate surface area is 143 Å². The Morgan fingerprint density at radius 1 is 1.30 bits per heavy atom. The third-order valence-corrected chi connectivity index (χ3v) is 4.83. The van der Waals surface area contributed by atoms with Gasteiger partial charge in [-0.15, -0.1) is 12.4 Å². The van der Waals surface area contributed by atoms with Crippen LogP contribution in [0.4, 0.5) is 0 Å². The fraction of sp³-hybridized carbons (Fsp3) is 0.647. The highest BCUT2D eigenvalue weighted by Crippen LogP contribution is 2.35. The van der Waals surface area contributed by atoms with E-state index in [0.717, 1.165) is 25.1 Å². The van der Waals surface area contributed by atoms with Gasteiger partial charge in [0.15, 0.2) is 0 Å². The van der Waals surface area contributed by atoms with E-state index in [1.54, 1.807) is 6.07 Å². The van der Waals surface area contributed by atoms with Crippen LogP contribution in [0.15, 0.2) is 23.0 Å². The monoisotopic (exact) mass is 339 g/mol. The smallest absolute Gasteiger partial charge is 0.250 e. The molecule has 0 aromatic carbocycles. The first-order valence-electron chi connectivity index (χ1n) is 8.19. The minimum atomic E-state index is -0.406. The van der Waals surface area contributed by atoms with Crippen molar-refractivity contribution < 1.29 is 4.79 Å². The van der Waals surface area contributed by atoms with Crippen LogP contribution >= 0.6 is 12.4 Å². The number of halogens is 1. The maximum absolute atomic E-state index is 12.6. The second-order valence-electron chi connectivity index (χ2n) is 7.18. The summed E-state index contributed by atoms with van der Waals surface area (Å²) in [5, 5.41) is 0. The molecule has 0 radical (unpaired) electrons. The normalized spacial score (nSPS) is 23.9. The SMILES string of the molecule is CC(C)C[C@H](N)C(=O)N1C[C@H]2C[C@H](C1)c1cccc(=O)n1C2.Cl. The number of nitrogens with two attached hydrogens (primary N) is 1. The van der Waals surface area contributed by atoms with Crippen LogP contribution in [-0.4, -0.2) is 34.5 Å². The summed E-state index contributed by atoms with van der Waals surface area (Å²) in [5.74, 6) is 1.11. The van der Waals surface area contributed by atoms with E-state index < -0.39 is 6.04 Å². The van der Waals surface area contributed by atoms with Gasteiger partial charge in [-0.3, -0.25) is 9.59 Å². The van der Waals surface area contributed by atoms with Gasteiger partial charge in [-0.05, 0) is 30.7 Å². The minimum Gasteiger partial charge on any atom is -0.340 e. The van der Waals surface area contributed by atoms with Crippen molar-refractivity contribution in [1.82, 2.24) is 9.47 Å². The zero-order valence-electron chi connectivity index (χ0n) is 13.8. The Morgan fingerprint density at radius 3 is 2.74 bits per heavy atom. The number of rotatable bonds is 3. The highest BCUT2D eigenvalue weighted by atomic mass is 35.5. The number of likely N-dealkylation sites (tertiary alicyclic amines) is 1. The zero-order chi connectivity index (χ0) is 15.9. The molecule has 128 valence electrons. The highest BCUT2D eigenvalue weighted by molar-refractivity contribution is 5.85. The second-order valence-corrected chi connectivity index (χ2v) is 7.18. The maximum atomic E-state index is 12.6. The molecule has 3 rings (SSSR count). The van der Waals surface area contributed by atoms with Crippen molar-refractivity contribution in [2.24, 2.45) is 17.6 Å². The quantitative estimate of drug-likeness (QED) is 0.909. The molecule has 0 aliphatic carbocycles. The fourth-order valence-corrected chi connectivity index (χ4v) is 3.92. The molecule has 3 atom stereocenters. The topological polar surface area (TPSA) is 68.3 Å². The molecule has 6 heteroatoms. The fourth-order valence-electron chi connectivity index (χ4n) is 3.92. The van der Waals surface area contributed by atoms with E-state index in [9.17, 15) is 9.59 Å². The molecule has 1 amide bonds. The van der Waals surface area contributed by atoms with Crippen molar-refractivity contribution in [3.05, 3.63) is 34.2 Å². The van der Waals surface area contributed by atoms with Gasteiger partial charge < -0.3 is 15.2 Å². The van der Waals surface area contributed by atoms with Crippen LogP contribution in [0.5, 0.6) is 0 Å². The average Bonchev–Trinajstić information content (AvgIpc) is 2.46. The molecule has 3 heterocycles. The molecule has 0 spiro atoms. The molecule has 2 aliphatic rings. The van der Waals surface area contributed by atoms with E-state index in [-0.39, 0.29) is 29.8 Å². The number of hydrogen-bond acceptors (Lipinski definition) is 3. The van der Waals surface area contributed by atoms with Gasteiger partial charge >= 0.3 is 0 Å². The lowest BCUT2D eigenvalue weighted by Gasteiger charge is -2.43. The Morgan fingerprint density at radius 2 is 2.04 bits per heavy atom. The molecule has 1 aromatic rings. The number of aromatic nitrogens is 1. The molecular formula is C17H26ClN3O2. The van der Waals surface area contributed by atoms with Crippen molar-refractivity contribution >= 4 is 18.3 Å². The van der Waals surface area contributed by atoms with Crippen LogP contribution in [0, 0.1) is 11.8 Å². The first-order chi connectivity index (χ1) is 10.5. The predicted octanol–water partition coefficient (Wildman–Crippen LogP) is 1.59. The van der Waals surface area contributed by atoms with Crippen molar-refractivity contribution in [1.29, 1.82) is 0 Å². The highest BCUT2D eigenvalue weighted by Gasteiger charge is 2.37. The van der Waals surface area contributed by atoms with Crippen LogP contribution in [0.25, 0.3) is 0 Å². The molecule has 1 fully saturated rings. The number of piperidine rings is 1. The van der Waals surface area contributed by atoms with Crippen LogP contribution in [0.2, 0.25) is 0 Å². The van der Waals surface area contributed by atoms with Crippen molar-refractivity contribution in [2.75, 3.05) is 13.1 Å². The number of carbonyl (C=O) groups is 1. The Kier molecular flexibility index (Phi) is 5.53. The van der Waals surface area contributed by atoms with E-state index >= 15 is 0 Å². The molecule has 2 N–H and O–H groups in total. The maximum Gasteiger partial charge on any atom is 0.250 e. The van der Waals surface area contributed by atoms with Crippen LogP contribution in [-0.2, 0) is 11.3 Å². The summed E-state index contributed by atoms with van der Waals surface area (Å²) in [5.41, 5.74) is 7.21. The number of pyridine rings is 1. The van der Waals surface area contributed by atoms with Gasteiger partial charge in [0.1, 0.15) is 0 Å². The number of hydrogen-bond donors (Lipinski definition) is 1. The first kappa shape index (κ1) is 18.0. The van der Waals surface area contributed by atoms with E-state index in [1.807, 2.05) is 21.6 Å². The van der Waals surface area contributed by atoms with Crippen LogP contribution in [0.1, 0.15) is 38.3 Å². The third kappa shape index (κ3) is 3.61. The van der Waals surface area contributed by atoms with Crippen LogP contribution in [0.3, 0.4) is 0 Å². The van der Waals surface area contributed by atoms with Gasteiger partial charge in [-0.1, -0.05) is 19.9 Å².